The summed E-state index contributed by atoms with van der Waals surface area (Å²) >= 11 is 2.13. The smallest absolute Gasteiger partial charge is 0.261 e. The third-order valence-corrected chi connectivity index (χ3v) is 5.66. The highest BCUT2D eigenvalue weighted by molar-refractivity contribution is 14.1. The van der Waals surface area contributed by atoms with E-state index in [0.717, 1.165) is 15.0 Å². The Morgan fingerprint density at radius 1 is 1.16 bits per heavy atom. The lowest BCUT2D eigenvalue weighted by Gasteiger charge is -2.13. The minimum absolute atomic E-state index is 0.209. The van der Waals surface area contributed by atoms with Crippen molar-refractivity contribution < 1.29 is 13.2 Å². The SMILES string of the molecule is COc1cc(NS(=O)(=O)c2ccc(I)cc2)ccc1-n1cnc(C)c1. The predicted octanol–water partition coefficient (Wildman–Crippen LogP) is 3.59. The number of rotatable bonds is 5. The molecule has 1 N–H and O–H groups in total. The average molecular weight is 469 g/mol. The zero-order valence-corrected chi connectivity index (χ0v) is 16.6. The Kier molecular flexibility index (Phi) is 5.00. The summed E-state index contributed by atoms with van der Waals surface area (Å²) in [6.45, 7) is 1.90. The fourth-order valence-electron chi connectivity index (χ4n) is 2.34. The minimum atomic E-state index is -3.66. The van der Waals surface area contributed by atoms with Crippen molar-refractivity contribution in [3.8, 4) is 11.4 Å². The number of aryl methyl sites for hydroxylation is 1. The van der Waals surface area contributed by atoms with Gasteiger partial charge < -0.3 is 9.30 Å². The molecule has 0 atom stereocenters. The molecular formula is C17H16IN3O3S. The number of halogens is 1. The lowest BCUT2D eigenvalue weighted by Crippen LogP contribution is -2.13. The molecule has 2 aromatic carbocycles. The Morgan fingerprint density at radius 3 is 2.48 bits per heavy atom. The molecule has 0 bridgehead atoms. The van der Waals surface area contributed by atoms with E-state index in [2.05, 4.69) is 32.3 Å². The molecule has 0 aliphatic rings. The number of ether oxygens (including phenoxy) is 1. The van der Waals surface area contributed by atoms with Crippen molar-refractivity contribution in [3.63, 3.8) is 0 Å². The van der Waals surface area contributed by atoms with Gasteiger partial charge in [-0.2, -0.15) is 0 Å². The van der Waals surface area contributed by atoms with Crippen molar-refractivity contribution in [1.82, 2.24) is 9.55 Å². The summed E-state index contributed by atoms with van der Waals surface area (Å²) in [5.41, 5.74) is 2.09. The minimum Gasteiger partial charge on any atom is -0.494 e. The predicted molar refractivity (Wildman–Crippen MR) is 105 cm³/mol. The topological polar surface area (TPSA) is 73.2 Å². The first-order valence-electron chi connectivity index (χ1n) is 7.36. The third kappa shape index (κ3) is 3.96. The van der Waals surface area contributed by atoms with Crippen molar-refractivity contribution in [2.24, 2.45) is 0 Å². The number of aromatic nitrogens is 2. The van der Waals surface area contributed by atoms with Crippen LogP contribution >= 0.6 is 22.6 Å². The highest BCUT2D eigenvalue weighted by atomic mass is 127. The van der Waals surface area contributed by atoms with E-state index >= 15 is 0 Å². The van der Waals surface area contributed by atoms with E-state index < -0.39 is 10.0 Å². The molecule has 8 heteroatoms. The van der Waals surface area contributed by atoms with Gasteiger partial charge >= 0.3 is 0 Å². The van der Waals surface area contributed by atoms with Crippen molar-refractivity contribution in [1.29, 1.82) is 0 Å². The molecule has 3 aromatic rings. The fraction of sp³-hybridized carbons (Fsp3) is 0.118. The number of methoxy groups -OCH3 is 1. The molecule has 0 radical (unpaired) electrons. The van der Waals surface area contributed by atoms with Crippen molar-refractivity contribution >= 4 is 38.3 Å². The van der Waals surface area contributed by atoms with E-state index in [9.17, 15) is 8.42 Å². The first kappa shape index (κ1) is 17.7. The summed E-state index contributed by atoms with van der Waals surface area (Å²) in [7, 11) is -2.11. The lowest BCUT2D eigenvalue weighted by atomic mass is 10.2. The van der Waals surface area contributed by atoms with Crippen LogP contribution in [0.4, 0.5) is 5.69 Å². The van der Waals surface area contributed by atoms with E-state index in [1.165, 1.54) is 0 Å². The molecule has 1 heterocycles. The maximum Gasteiger partial charge on any atom is 0.261 e. The van der Waals surface area contributed by atoms with Crippen LogP contribution in [-0.2, 0) is 10.0 Å². The van der Waals surface area contributed by atoms with Crippen LogP contribution in [0.15, 0.2) is 59.9 Å². The van der Waals surface area contributed by atoms with Crippen LogP contribution in [0.2, 0.25) is 0 Å². The summed E-state index contributed by atoms with van der Waals surface area (Å²) in [6.07, 6.45) is 3.55. The van der Waals surface area contributed by atoms with E-state index in [-0.39, 0.29) is 4.90 Å². The number of hydrogen-bond acceptors (Lipinski definition) is 4. The fourth-order valence-corrected chi connectivity index (χ4v) is 3.74. The molecule has 0 amide bonds. The average Bonchev–Trinajstić information content (AvgIpc) is 3.01. The molecule has 0 unspecified atom stereocenters. The largest absolute Gasteiger partial charge is 0.494 e. The second-order valence-corrected chi connectivity index (χ2v) is 8.30. The molecule has 0 saturated heterocycles. The Morgan fingerprint density at radius 2 is 1.88 bits per heavy atom. The van der Waals surface area contributed by atoms with Crippen molar-refractivity contribution in [2.75, 3.05) is 11.8 Å². The molecule has 25 heavy (non-hydrogen) atoms. The van der Waals surface area contributed by atoms with Gasteiger partial charge in [-0.25, -0.2) is 13.4 Å². The first-order valence-corrected chi connectivity index (χ1v) is 9.92. The molecule has 1 aromatic heterocycles. The number of anilines is 1. The molecule has 0 fully saturated rings. The van der Waals surface area contributed by atoms with Crippen molar-refractivity contribution in [2.45, 2.75) is 11.8 Å². The van der Waals surface area contributed by atoms with Gasteiger partial charge in [0.15, 0.2) is 0 Å². The highest BCUT2D eigenvalue weighted by Gasteiger charge is 2.15. The summed E-state index contributed by atoms with van der Waals surface area (Å²) < 4.78 is 35.8. The van der Waals surface area contributed by atoms with Crippen molar-refractivity contribution in [3.05, 3.63) is 64.3 Å². The number of nitrogens with zero attached hydrogens (tertiary/aromatic N) is 2. The van der Waals surface area contributed by atoms with Gasteiger partial charge in [-0.1, -0.05) is 0 Å². The van der Waals surface area contributed by atoms with Crippen LogP contribution in [0.25, 0.3) is 5.69 Å². The van der Waals surface area contributed by atoms with Gasteiger partial charge in [-0.3, -0.25) is 4.72 Å². The monoisotopic (exact) mass is 469 g/mol. The van der Waals surface area contributed by atoms with Gasteiger partial charge in [-0.05, 0) is 65.9 Å². The molecule has 0 aliphatic carbocycles. The molecule has 130 valence electrons. The Balaban J connectivity index is 1.92. The van der Waals surface area contributed by atoms with Crippen LogP contribution in [0, 0.1) is 10.5 Å². The van der Waals surface area contributed by atoms with Crippen LogP contribution < -0.4 is 9.46 Å². The highest BCUT2D eigenvalue weighted by Crippen LogP contribution is 2.28. The number of sulfonamides is 1. The van der Waals surface area contributed by atoms with Gasteiger partial charge in [0.05, 0.1) is 35.4 Å². The second kappa shape index (κ2) is 7.04. The van der Waals surface area contributed by atoms with E-state index in [0.29, 0.717) is 11.4 Å². The number of hydrogen-bond donors (Lipinski definition) is 1. The van der Waals surface area contributed by atoms with Gasteiger partial charge in [0.1, 0.15) is 5.75 Å². The van der Waals surface area contributed by atoms with Crippen LogP contribution in [0.1, 0.15) is 5.69 Å². The molecule has 0 saturated carbocycles. The Labute approximate surface area is 160 Å². The summed E-state index contributed by atoms with van der Waals surface area (Å²) in [5, 5.41) is 0. The maximum atomic E-state index is 12.5. The van der Waals surface area contributed by atoms with E-state index in [4.69, 9.17) is 4.74 Å². The molecular weight excluding hydrogens is 453 g/mol. The van der Waals surface area contributed by atoms with Crippen LogP contribution in [-0.4, -0.2) is 25.1 Å². The zero-order valence-electron chi connectivity index (χ0n) is 13.6. The molecule has 0 aliphatic heterocycles. The number of nitrogens with one attached hydrogen (secondary N) is 1. The molecule has 3 rings (SSSR count). The normalized spacial score (nSPS) is 11.3. The van der Waals surface area contributed by atoms with Gasteiger partial charge in [0, 0.05) is 15.8 Å². The zero-order chi connectivity index (χ0) is 18.0. The number of imidazole rings is 1. The second-order valence-electron chi connectivity index (χ2n) is 5.37. The van der Waals surface area contributed by atoms with Crippen LogP contribution in [0.5, 0.6) is 5.75 Å². The summed E-state index contributed by atoms with van der Waals surface area (Å²) in [5.74, 6) is 0.542. The van der Waals surface area contributed by atoms with Gasteiger partial charge in [0.25, 0.3) is 10.0 Å². The quantitative estimate of drug-likeness (QED) is 0.580. The van der Waals surface area contributed by atoms with Crippen LogP contribution in [0.3, 0.4) is 0 Å². The van der Waals surface area contributed by atoms with E-state index in [1.807, 2.05) is 17.7 Å². The molecule has 0 spiro atoms. The lowest BCUT2D eigenvalue weighted by molar-refractivity contribution is 0.413. The maximum absolute atomic E-state index is 12.5. The third-order valence-electron chi connectivity index (χ3n) is 3.55. The summed E-state index contributed by atoms with van der Waals surface area (Å²) in [4.78, 5) is 4.40. The van der Waals surface area contributed by atoms with Gasteiger partial charge in [-0.15, -0.1) is 0 Å². The molecule has 6 nitrogen and oxygen atoms in total. The van der Waals surface area contributed by atoms with Gasteiger partial charge in [0.2, 0.25) is 0 Å². The Hall–Kier alpha value is -2.07. The van der Waals surface area contributed by atoms with E-state index in [1.54, 1.807) is 55.9 Å². The first-order chi connectivity index (χ1) is 11.9. The Bertz CT molecular complexity index is 998. The number of benzene rings is 2. The standard InChI is InChI=1S/C17H16IN3O3S/c1-12-10-21(11-19-12)16-8-5-14(9-17(16)24-2)20-25(22,23)15-6-3-13(18)4-7-15/h3-11,20H,1-2H3. The summed E-state index contributed by atoms with van der Waals surface area (Å²) in [6, 6.07) is 11.8.